The van der Waals surface area contributed by atoms with Gasteiger partial charge in [-0.05, 0) is 0 Å². The molecule has 0 amide bonds. The first kappa shape index (κ1) is 22.2. The number of hydrogen-bond donors (Lipinski definition) is 3. The number of carboxylic acids is 2. The molecule has 0 saturated carbocycles. The number of rotatable bonds is 5. The molecule has 0 rings (SSSR count). The van der Waals surface area contributed by atoms with Crippen LogP contribution < -0.4 is 40.8 Å². The van der Waals surface area contributed by atoms with Crippen LogP contribution in [0.2, 0.25) is 0 Å². The van der Waals surface area contributed by atoms with Gasteiger partial charge in [-0.25, -0.2) is 0 Å². The summed E-state index contributed by atoms with van der Waals surface area (Å²) in [6.07, 6.45) is -2.41. The van der Waals surface area contributed by atoms with Gasteiger partial charge in [-0.2, -0.15) is 0 Å². The van der Waals surface area contributed by atoms with Gasteiger partial charge in [-0.15, -0.1) is 0 Å². The molecule has 0 fully saturated rings. The number of aliphatic carboxylic acids is 2. The predicted octanol–water partition coefficient (Wildman–Crippen LogP) is -5.41. The van der Waals surface area contributed by atoms with Crippen LogP contribution in [0.4, 0.5) is 0 Å². The van der Waals surface area contributed by atoms with Crippen molar-refractivity contribution in [3.05, 3.63) is 0 Å². The molecule has 0 heterocycles. The molecule has 0 aromatic carbocycles. The van der Waals surface area contributed by atoms with Crippen molar-refractivity contribution >= 4 is 23.9 Å². The van der Waals surface area contributed by atoms with Crippen molar-refractivity contribution in [2.75, 3.05) is 0 Å². The maximum atomic E-state index is 10.9. The van der Waals surface area contributed by atoms with E-state index in [1.807, 2.05) is 0 Å². The molecule has 0 aromatic heterocycles. The Hall–Kier alpha value is -1.00. The zero-order valence-electron chi connectivity index (χ0n) is 9.97. The second kappa shape index (κ2) is 9.00. The van der Waals surface area contributed by atoms with E-state index in [9.17, 15) is 29.4 Å². The zero-order valence-corrected chi connectivity index (χ0v) is 12.0. The monoisotopic (exact) mass is 273 g/mol. The molecule has 0 bridgehead atoms. The molecule has 18 heavy (non-hydrogen) atoms. The molecule has 1 atom stereocenters. The van der Waals surface area contributed by atoms with Gasteiger partial charge in [0.05, 0.1) is 18.8 Å². The fourth-order valence-electron chi connectivity index (χ4n) is 0.892. The maximum absolute atomic E-state index is 10.9. The summed E-state index contributed by atoms with van der Waals surface area (Å²) in [5.41, 5.74) is -2.89. The van der Waals surface area contributed by atoms with Gasteiger partial charge in [0.25, 0.3) is 0 Å². The van der Waals surface area contributed by atoms with Crippen molar-refractivity contribution < 1.29 is 68.8 Å². The van der Waals surface area contributed by atoms with Crippen LogP contribution in [0.1, 0.15) is 19.8 Å². The third-order valence-electron chi connectivity index (χ3n) is 1.52. The van der Waals surface area contributed by atoms with Crippen LogP contribution in [0.25, 0.3) is 0 Å². The first-order valence-corrected chi connectivity index (χ1v) is 4.04. The fraction of sp³-hybridized carbons (Fsp3) is 0.500. The van der Waals surface area contributed by atoms with Crippen LogP contribution in [-0.4, -0.2) is 39.7 Å². The Morgan fingerprint density at radius 2 is 1.67 bits per heavy atom. The van der Waals surface area contributed by atoms with Gasteiger partial charge >= 0.3 is 47.5 Å². The fourth-order valence-corrected chi connectivity index (χ4v) is 0.892. The SMILES string of the molecule is CC(=O)OC(=O)CC(O)(CC(=O)O)C(=O)[O-].N.[Na+]. The van der Waals surface area contributed by atoms with Crippen molar-refractivity contribution in [2.24, 2.45) is 0 Å². The summed E-state index contributed by atoms with van der Waals surface area (Å²) in [6, 6.07) is 0. The maximum Gasteiger partial charge on any atom is 1.00 e. The molecule has 1 unspecified atom stereocenters. The molecule has 0 aliphatic heterocycles. The minimum absolute atomic E-state index is 0. The standard InChI is InChI=1S/C8H10O8.H3N.Na/c1-4(9)16-6(12)3-8(15,7(13)14)2-5(10)11;;/h15H,2-3H2,1H3,(H,10,11)(H,13,14);1H3;/q;;+1/p-1. The number of hydrogen-bond acceptors (Lipinski definition) is 8. The Morgan fingerprint density at radius 1 is 1.22 bits per heavy atom. The van der Waals surface area contributed by atoms with Crippen molar-refractivity contribution in [2.45, 2.75) is 25.4 Å². The average molecular weight is 273 g/mol. The topological polar surface area (TPSA) is 176 Å². The molecule has 98 valence electrons. The number of carbonyl (C=O) groups excluding carboxylic acids is 3. The number of ether oxygens (including phenoxy) is 1. The van der Waals surface area contributed by atoms with Crippen molar-refractivity contribution in [1.82, 2.24) is 6.15 Å². The van der Waals surface area contributed by atoms with Crippen LogP contribution in [0.5, 0.6) is 0 Å². The van der Waals surface area contributed by atoms with Crippen LogP contribution in [0, 0.1) is 0 Å². The summed E-state index contributed by atoms with van der Waals surface area (Å²) in [6.45, 7) is 0.896. The van der Waals surface area contributed by atoms with Gasteiger partial charge in [-0.1, -0.05) is 0 Å². The van der Waals surface area contributed by atoms with Crippen LogP contribution >= 0.6 is 0 Å². The van der Waals surface area contributed by atoms with Gasteiger partial charge < -0.3 is 31.0 Å². The molecule has 0 aliphatic rings. The van der Waals surface area contributed by atoms with E-state index in [0.717, 1.165) is 6.92 Å². The van der Waals surface area contributed by atoms with E-state index in [1.54, 1.807) is 0 Å². The average Bonchev–Trinajstić information content (AvgIpc) is 1.98. The van der Waals surface area contributed by atoms with E-state index >= 15 is 0 Å². The second-order valence-corrected chi connectivity index (χ2v) is 3.03. The second-order valence-electron chi connectivity index (χ2n) is 3.03. The van der Waals surface area contributed by atoms with E-state index in [1.165, 1.54) is 0 Å². The number of aliphatic hydroxyl groups is 1. The molecule has 0 aliphatic carbocycles. The number of carboxylic acid groups (broad SMARTS) is 2. The molecule has 9 nitrogen and oxygen atoms in total. The van der Waals surface area contributed by atoms with Gasteiger partial charge in [0.15, 0.2) is 0 Å². The minimum Gasteiger partial charge on any atom is -0.547 e. The van der Waals surface area contributed by atoms with Gasteiger partial charge in [-0.3, -0.25) is 14.4 Å². The summed E-state index contributed by atoms with van der Waals surface area (Å²) in [5, 5.41) is 28.1. The van der Waals surface area contributed by atoms with Crippen molar-refractivity contribution in [3.8, 4) is 0 Å². The third-order valence-corrected chi connectivity index (χ3v) is 1.52. The Balaban J connectivity index is -0.00000112. The minimum atomic E-state index is -2.89. The van der Waals surface area contributed by atoms with Gasteiger partial charge in [0.1, 0.15) is 5.60 Å². The summed E-state index contributed by atoms with van der Waals surface area (Å²) in [5.74, 6) is -6.11. The van der Waals surface area contributed by atoms with Crippen molar-refractivity contribution in [3.63, 3.8) is 0 Å². The molecule has 5 N–H and O–H groups in total. The zero-order chi connectivity index (χ0) is 12.9. The molecule has 0 saturated heterocycles. The largest absolute Gasteiger partial charge is 1.00 e. The van der Waals surface area contributed by atoms with Crippen molar-refractivity contribution in [1.29, 1.82) is 0 Å². The number of carbonyl (C=O) groups is 4. The molecule has 10 heteroatoms. The molecular formula is C8H12NNaO8. The van der Waals surface area contributed by atoms with Gasteiger partial charge in [0.2, 0.25) is 0 Å². The van der Waals surface area contributed by atoms with Crippen LogP contribution in [0.15, 0.2) is 0 Å². The Kier molecular flexibility index (Phi) is 11.1. The molecule has 0 radical (unpaired) electrons. The normalized spacial score (nSPS) is 12.1. The third kappa shape index (κ3) is 8.14. The Labute approximate surface area is 124 Å². The van der Waals surface area contributed by atoms with Gasteiger partial charge in [0, 0.05) is 6.92 Å². The summed E-state index contributed by atoms with van der Waals surface area (Å²) < 4.78 is 3.96. The predicted molar refractivity (Wildman–Crippen MR) is 48.6 cm³/mol. The van der Waals surface area contributed by atoms with E-state index in [-0.39, 0.29) is 35.7 Å². The smallest absolute Gasteiger partial charge is 0.547 e. The first-order valence-electron chi connectivity index (χ1n) is 4.04. The van der Waals surface area contributed by atoms with E-state index in [4.69, 9.17) is 5.11 Å². The molecular weight excluding hydrogens is 261 g/mol. The molecule has 0 spiro atoms. The summed E-state index contributed by atoms with van der Waals surface area (Å²) >= 11 is 0. The van der Waals surface area contributed by atoms with Crippen LogP contribution in [-0.2, 0) is 23.9 Å². The van der Waals surface area contributed by atoms with E-state index in [0.29, 0.717) is 0 Å². The first-order chi connectivity index (χ1) is 7.17. The number of esters is 2. The Bertz CT molecular complexity index is 344. The molecule has 0 aromatic rings. The Morgan fingerprint density at radius 3 is 1.94 bits per heavy atom. The summed E-state index contributed by atoms with van der Waals surface area (Å²) in [7, 11) is 0. The summed E-state index contributed by atoms with van der Waals surface area (Å²) in [4.78, 5) is 41.9. The van der Waals surface area contributed by atoms with E-state index in [2.05, 4.69) is 4.74 Å². The quantitative estimate of drug-likeness (QED) is 0.250. The van der Waals surface area contributed by atoms with E-state index < -0.39 is 42.3 Å². The van der Waals surface area contributed by atoms with Crippen LogP contribution in [0.3, 0.4) is 0 Å².